The van der Waals surface area contributed by atoms with Gasteiger partial charge in [-0.25, -0.2) is 9.18 Å². The molecule has 6 heteroatoms. The van der Waals surface area contributed by atoms with Gasteiger partial charge in [-0.2, -0.15) is 0 Å². The Hall–Kier alpha value is -1.14. The van der Waals surface area contributed by atoms with Crippen LogP contribution in [-0.4, -0.2) is 36.7 Å². The first-order valence-corrected chi connectivity index (χ1v) is 9.80. The number of carbonyl (C=O) groups excluding carboxylic acids is 1. The van der Waals surface area contributed by atoms with Crippen molar-refractivity contribution in [3.8, 4) is 0 Å². The van der Waals surface area contributed by atoms with Gasteiger partial charge in [-0.3, -0.25) is 4.90 Å². The van der Waals surface area contributed by atoms with Crippen molar-refractivity contribution in [2.24, 2.45) is 11.3 Å². The molecule has 25 heavy (non-hydrogen) atoms. The molecule has 1 N–H and O–H groups in total. The smallest absolute Gasteiger partial charge is 0.407 e. The molecule has 5 rings (SSSR count). The van der Waals surface area contributed by atoms with E-state index in [0.29, 0.717) is 10.4 Å². The summed E-state index contributed by atoms with van der Waals surface area (Å²) in [4.78, 5) is 14.9. The second-order valence-corrected chi connectivity index (χ2v) is 9.14. The molecule has 1 amide bonds. The lowest BCUT2D eigenvalue weighted by atomic mass is 9.85. The molecular weight excluding hydrogens is 387 g/mol. The predicted molar refractivity (Wildman–Crippen MR) is 96.9 cm³/mol. The highest BCUT2D eigenvalue weighted by Gasteiger charge is 2.42. The highest BCUT2D eigenvalue weighted by Crippen LogP contribution is 2.46. The number of fused-ring (bicyclic) bond motifs is 4. The number of amides is 1. The zero-order valence-electron chi connectivity index (χ0n) is 14.6. The van der Waals surface area contributed by atoms with Crippen molar-refractivity contribution in [2.45, 2.75) is 45.3 Å². The second-order valence-electron chi connectivity index (χ2n) is 8.29. The van der Waals surface area contributed by atoms with E-state index in [0.717, 1.165) is 50.0 Å². The first-order chi connectivity index (χ1) is 11.8. The Labute approximate surface area is 156 Å². The Bertz CT molecular complexity index is 701. The van der Waals surface area contributed by atoms with E-state index < -0.39 is 0 Å². The molecule has 3 saturated heterocycles. The summed E-state index contributed by atoms with van der Waals surface area (Å²) in [6.45, 7) is 7.26. The van der Waals surface area contributed by atoms with E-state index in [1.807, 2.05) is 6.07 Å². The highest BCUT2D eigenvalue weighted by molar-refractivity contribution is 9.10. The lowest BCUT2D eigenvalue weighted by molar-refractivity contribution is -0.0349. The van der Waals surface area contributed by atoms with Crippen molar-refractivity contribution in [3.05, 3.63) is 33.5 Å². The molecule has 4 aliphatic rings. The van der Waals surface area contributed by atoms with Gasteiger partial charge in [-0.05, 0) is 82.9 Å². The van der Waals surface area contributed by atoms with Crippen molar-refractivity contribution in [3.63, 3.8) is 0 Å². The third-order valence-electron chi connectivity index (χ3n) is 6.04. The molecule has 3 fully saturated rings. The number of halogens is 2. The molecule has 1 aromatic carbocycles. The summed E-state index contributed by atoms with van der Waals surface area (Å²) >= 11 is 3.25. The quantitative estimate of drug-likeness (QED) is 0.799. The lowest BCUT2D eigenvalue weighted by Gasteiger charge is -2.44. The molecule has 1 unspecified atom stereocenters. The van der Waals surface area contributed by atoms with E-state index >= 15 is 0 Å². The van der Waals surface area contributed by atoms with Crippen molar-refractivity contribution in [1.29, 1.82) is 0 Å². The third-order valence-corrected chi connectivity index (χ3v) is 6.65. The molecule has 2 bridgehead atoms. The van der Waals surface area contributed by atoms with E-state index in [1.165, 1.54) is 6.07 Å². The first-order valence-electron chi connectivity index (χ1n) is 9.01. The van der Waals surface area contributed by atoms with Gasteiger partial charge in [0.15, 0.2) is 0 Å². The topological polar surface area (TPSA) is 41.6 Å². The highest BCUT2D eigenvalue weighted by atomic mass is 79.9. The number of piperidine rings is 3. The molecule has 0 saturated carbocycles. The molecule has 136 valence electrons. The molecule has 3 aliphatic heterocycles. The third kappa shape index (κ3) is 3.19. The van der Waals surface area contributed by atoms with Gasteiger partial charge in [0, 0.05) is 6.54 Å². The standard InChI is InChI=1S/C19H24BrFN2O2/c1-19(2)9-12-7-14(20)15(21)8-13(12)17(19)22-18(24)25-16-10-23-5-3-11(16)4-6-23/h7-8,11,16-17H,3-6,9-10H2,1-2H3,(H,22,24)/t16-,17?/m1/s1. The summed E-state index contributed by atoms with van der Waals surface area (Å²) in [5, 5.41) is 3.02. The molecule has 3 heterocycles. The zero-order valence-corrected chi connectivity index (χ0v) is 16.2. The monoisotopic (exact) mass is 410 g/mol. The molecule has 1 aromatic rings. The molecule has 4 nitrogen and oxygen atoms in total. The largest absolute Gasteiger partial charge is 0.445 e. The van der Waals surface area contributed by atoms with Crippen LogP contribution in [0.1, 0.15) is 43.9 Å². The van der Waals surface area contributed by atoms with Gasteiger partial charge in [-0.1, -0.05) is 13.8 Å². The van der Waals surface area contributed by atoms with Crippen LogP contribution < -0.4 is 5.32 Å². The van der Waals surface area contributed by atoms with Crippen LogP contribution in [0.4, 0.5) is 9.18 Å². The molecule has 0 aromatic heterocycles. The molecule has 1 aliphatic carbocycles. The summed E-state index contributed by atoms with van der Waals surface area (Å²) < 4.78 is 20.2. The van der Waals surface area contributed by atoms with Gasteiger partial charge in [0.1, 0.15) is 11.9 Å². The zero-order chi connectivity index (χ0) is 17.8. The van der Waals surface area contributed by atoms with Gasteiger partial charge in [0.2, 0.25) is 0 Å². The fraction of sp³-hybridized carbons (Fsp3) is 0.632. The lowest BCUT2D eigenvalue weighted by Crippen LogP contribution is -2.53. The normalized spacial score (nSPS) is 32.3. The number of nitrogens with one attached hydrogen (secondary N) is 1. The molecular formula is C19H24BrFN2O2. The molecule has 2 atom stereocenters. The Morgan fingerprint density at radius 2 is 2.08 bits per heavy atom. The summed E-state index contributed by atoms with van der Waals surface area (Å²) in [5.74, 6) is 0.182. The van der Waals surface area contributed by atoms with Crippen LogP contribution in [0.3, 0.4) is 0 Å². The number of alkyl carbamates (subject to hydrolysis) is 1. The van der Waals surface area contributed by atoms with Crippen LogP contribution in [0.2, 0.25) is 0 Å². The molecule has 0 spiro atoms. The Kier molecular flexibility index (Phi) is 4.31. The Morgan fingerprint density at radius 3 is 2.72 bits per heavy atom. The van der Waals surface area contributed by atoms with Crippen LogP contribution in [0, 0.1) is 17.2 Å². The van der Waals surface area contributed by atoms with Crippen LogP contribution in [0.25, 0.3) is 0 Å². The average Bonchev–Trinajstić information content (AvgIpc) is 2.79. The van der Waals surface area contributed by atoms with Crippen molar-refractivity contribution in [2.75, 3.05) is 19.6 Å². The summed E-state index contributed by atoms with van der Waals surface area (Å²) in [5.41, 5.74) is 1.76. The minimum absolute atomic E-state index is 0.0202. The maximum Gasteiger partial charge on any atom is 0.407 e. The van der Waals surface area contributed by atoms with Gasteiger partial charge in [-0.15, -0.1) is 0 Å². The second kappa shape index (κ2) is 6.23. The van der Waals surface area contributed by atoms with E-state index in [2.05, 4.69) is 40.0 Å². The minimum Gasteiger partial charge on any atom is -0.445 e. The Balaban J connectivity index is 1.48. The van der Waals surface area contributed by atoms with Crippen LogP contribution >= 0.6 is 15.9 Å². The summed E-state index contributed by atoms with van der Waals surface area (Å²) in [6.07, 6.45) is 2.61. The number of hydrogen-bond acceptors (Lipinski definition) is 3. The summed E-state index contributed by atoms with van der Waals surface area (Å²) in [6, 6.07) is 3.12. The SMILES string of the molecule is CC1(C)Cc2cc(Br)c(F)cc2C1NC(=O)O[C@@H]1CN2CCC1CC2. The van der Waals surface area contributed by atoms with Crippen LogP contribution in [0.5, 0.6) is 0 Å². The fourth-order valence-electron chi connectivity index (χ4n) is 4.65. The van der Waals surface area contributed by atoms with E-state index in [1.54, 1.807) is 0 Å². The average molecular weight is 411 g/mol. The van der Waals surface area contributed by atoms with Crippen LogP contribution in [-0.2, 0) is 11.2 Å². The van der Waals surface area contributed by atoms with Crippen LogP contribution in [0.15, 0.2) is 16.6 Å². The number of nitrogens with zero attached hydrogens (tertiary/aromatic N) is 1. The van der Waals surface area contributed by atoms with Gasteiger partial charge >= 0.3 is 6.09 Å². The van der Waals surface area contributed by atoms with Crippen molar-refractivity contribution >= 4 is 22.0 Å². The maximum atomic E-state index is 14.0. The number of benzene rings is 1. The number of hydrogen-bond donors (Lipinski definition) is 1. The van der Waals surface area contributed by atoms with Gasteiger partial charge < -0.3 is 10.1 Å². The van der Waals surface area contributed by atoms with E-state index in [4.69, 9.17) is 4.74 Å². The van der Waals surface area contributed by atoms with E-state index in [9.17, 15) is 9.18 Å². The van der Waals surface area contributed by atoms with E-state index in [-0.39, 0.29) is 29.5 Å². The Morgan fingerprint density at radius 1 is 1.36 bits per heavy atom. The number of carbonyl (C=O) groups is 1. The van der Waals surface area contributed by atoms with Gasteiger partial charge in [0.25, 0.3) is 0 Å². The van der Waals surface area contributed by atoms with Gasteiger partial charge in [0.05, 0.1) is 10.5 Å². The summed E-state index contributed by atoms with van der Waals surface area (Å²) in [7, 11) is 0. The predicted octanol–water partition coefficient (Wildman–Crippen LogP) is 4.03. The fourth-order valence-corrected chi connectivity index (χ4v) is 5.04. The van der Waals surface area contributed by atoms with Crippen molar-refractivity contribution < 1.29 is 13.9 Å². The number of ether oxygens (including phenoxy) is 1. The first kappa shape index (κ1) is 17.3. The van der Waals surface area contributed by atoms with Crippen molar-refractivity contribution in [1.82, 2.24) is 10.2 Å². The molecule has 0 radical (unpaired) electrons. The number of rotatable bonds is 2. The maximum absolute atomic E-state index is 14.0. The minimum atomic E-state index is -0.381.